The van der Waals surface area contributed by atoms with Crippen molar-refractivity contribution in [3.05, 3.63) is 62.2 Å². The van der Waals surface area contributed by atoms with Crippen LogP contribution in [0.25, 0.3) is 0 Å². The number of methoxy groups -OCH3 is 1. The van der Waals surface area contributed by atoms with Gasteiger partial charge < -0.3 is 10.1 Å². The first-order valence-electron chi connectivity index (χ1n) is 6.22. The third-order valence-corrected chi connectivity index (χ3v) is 3.33. The average Bonchev–Trinajstić information content (AvgIpc) is 2.52. The maximum absolute atomic E-state index is 11.4. The number of hydrogen-bond donors (Lipinski definition) is 1. The second-order valence-corrected chi connectivity index (χ2v) is 5.24. The normalized spacial score (nSPS) is 10.1. The third kappa shape index (κ3) is 3.79. The van der Waals surface area contributed by atoms with Crippen LogP contribution in [0.15, 0.2) is 41.0 Å². The summed E-state index contributed by atoms with van der Waals surface area (Å²) in [6, 6.07) is 8.66. The summed E-state index contributed by atoms with van der Waals surface area (Å²) in [4.78, 5) is 25.9. The van der Waals surface area contributed by atoms with Crippen LogP contribution in [0.1, 0.15) is 15.9 Å². The summed E-state index contributed by atoms with van der Waals surface area (Å²) in [6.07, 6.45) is 1.24. The molecule has 114 valence electrons. The largest absolute Gasteiger partial charge is 0.465 e. The molecule has 2 rings (SSSR count). The van der Waals surface area contributed by atoms with Gasteiger partial charge in [-0.25, -0.2) is 9.78 Å². The molecule has 0 saturated heterocycles. The van der Waals surface area contributed by atoms with Crippen molar-refractivity contribution in [1.82, 2.24) is 4.98 Å². The molecular formula is C14H12BrN3O4. The molecule has 0 bridgehead atoms. The van der Waals surface area contributed by atoms with E-state index in [0.717, 1.165) is 16.1 Å². The fourth-order valence-corrected chi connectivity index (χ4v) is 2.24. The maximum atomic E-state index is 11.4. The van der Waals surface area contributed by atoms with Gasteiger partial charge in [0.05, 0.1) is 17.6 Å². The Balaban J connectivity index is 2.23. The Kier molecular flexibility index (Phi) is 5.05. The SMILES string of the molecule is COC(=O)c1cnc(NCc2cccc(Br)c2)c([N+](=O)[O-])c1. The molecule has 0 unspecified atom stereocenters. The van der Waals surface area contributed by atoms with Gasteiger partial charge in [0.25, 0.3) is 0 Å². The number of carbonyl (C=O) groups excluding carboxylic acids is 1. The zero-order valence-corrected chi connectivity index (χ0v) is 13.2. The van der Waals surface area contributed by atoms with Crippen LogP contribution in [0.2, 0.25) is 0 Å². The van der Waals surface area contributed by atoms with Gasteiger partial charge in [-0.15, -0.1) is 0 Å². The minimum atomic E-state index is -0.672. The van der Waals surface area contributed by atoms with Crippen LogP contribution in [-0.2, 0) is 11.3 Å². The van der Waals surface area contributed by atoms with E-state index in [0.29, 0.717) is 6.54 Å². The van der Waals surface area contributed by atoms with Crippen molar-refractivity contribution in [2.24, 2.45) is 0 Å². The van der Waals surface area contributed by atoms with Gasteiger partial charge in [0.2, 0.25) is 5.82 Å². The molecule has 1 N–H and O–H groups in total. The molecule has 0 amide bonds. The van der Waals surface area contributed by atoms with Crippen molar-refractivity contribution in [2.45, 2.75) is 6.54 Å². The van der Waals surface area contributed by atoms with Crippen LogP contribution in [0.4, 0.5) is 11.5 Å². The van der Waals surface area contributed by atoms with Crippen molar-refractivity contribution in [3.8, 4) is 0 Å². The lowest BCUT2D eigenvalue weighted by molar-refractivity contribution is -0.384. The monoisotopic (exact) mass is 365 g/mol. The molecule has 7 nitrogen and oxygen atoms in total. The van der Waals surface area contributed by atoms with Crippen LogP contribution in [0.3, 0.4) is 0 Å². The van der Waals surface area contributed by atoms with Gasteiger partial charge in [-0.1, -0.05) is 28.1 Å². The Labute approximate surface area is 134 Å². The number of benzene rings is 1. The number of carbonyl (C=O) groups is 1. The lowest BCUT2D eigenvalue weighted by Crippen LogP contribution is -2.08. The number of nitrogens with one attached hydrogen (secondary N) is 1. The number of rotatable bonds is 5. The van der Waals surface area contributed by atoms with Gasteiger partial charge in [0.1, 0.15) is 0 Å². The summed E-state index contributed by atoms with van der Waals surface area (Å²) in [5.74, 6) is -0.577. The molecule has 22 heavy (non-hydrogen) atoms. The number of halogens is 1. The molecule has 1 aromatic heterocycles. The van der Waals surface area contributed by atoms with E-state index in [-0.39, 0.29) is 17.1 Å². The van der Waals surface area contributed by atoms with Crippen LogP contribution < -0.4 is 5.32 Å². The van der Waals surface area contributed by atoms with Crippen LogP contribution in [0.5, 0.6) is 0 Å². The number of pyridine rings is 1. The van der Waals surface area contributed by atoms with Gasteiger partial charge in [-0.2, -0.15) is 0 Å². The summed E-state index contributed by atoms with van der Waals surface area (Å²) >= 11 is 3.36. The summed E-state index contributed by atoms with van der Waals surface area (Å²) in [5, 5.41) is 14.0. The summed E-state index contributed by atoms with van der Waals surface area (Å²) < 4.78 is 5.44. The molecule has 0 spiro atoms. The Morgan fingerprint density at radius 1 is 1.45 bits per heavy atom. The molecule has 0 aliphatic rings. The third-order valence-electron chi connectivity index (χ3n) is 2.83. The lowest BCUT2D eigenvalue weighted by Gasteiger charge is -2.07. The van der Waals surface area contributed by atoms with Crippen molar-refractivity contribution >= 4 is 33.4 Å². The average molecular weight is 366 g/mol. The fourth-order valence-electron chi connectivity index (χ4n) is 1.79. The molecule has 0 fully saturated rings. The number of hydrogen-bond acceptors (Lipinski definition) is 6. The smallest absolute Gasteiger partial charge is 0.339 e. The number of esters is 1. The number of anilines is 1. The predicted octanol–water partition coefficient (Wildman–Crippen LogP) is 3.15. The van der Waals surface area contributed by atoms with Crippen LogP contribution >= 0.6 is 15.9 Å². The van der Waals surface area contributed by atoms with Crippen molar-refractivity contribution < 1.29 is 14.5 Å². The zero-order chi connectivity index (χ0) is 16.1. The Hall–Kier alpha value is -2.48. The van der Waals surface area contributed by atoms with Gasteiger partial charge >= 0.3 is 11.7 Å². The van der Waals surface area contributed by atoms with E-state index in [1.807, 2.05) is 24.3 Å². The molecule has 8 heteroatoms. The van der Waals surface area contributed by atoms with Crippen LogP contribution in [0, 0.1) is 10.1 Å². The summed E-state index contributed by atoms with van der Waals surface area (Å²) in [6.45, 7) is 0.366. The van der Waals surface area contributed by atoms with E-state index in [9.17, 15) is 14.9 Å². The molecular weight excluding hydrogens is 354 g/mol. The number of ether oxygens (including phenoxy) is 1. The number of nitrogens with zero attached hydrogens (tertiary/aromatic N) is 2. The number of aromatic nitrogens is 1. The molecule has 0 saturated carbocycles. The van der Waals surface area contributed by atoms with E-state index in [1.165, 1.54) is 13.3 Å². The minimum Gasteiger partial charge on any atom is -0.465 e. The quantitative estimate of drug-likeness (QED) is 0.496. The molecule has 1 heterocycles. The van der Waals surface area contributed by atoms with Gasteiger partial charge in [-0.05, 0) is 17.7 Å². The molecule has 1 aromatic carbocycles. The van der Waals surface area contributed by atoms with E-state index in [2.05, 4.69) is 31.0 Å². The van der Waals surface area contributed by atoms with Crippen LogP contribution in [-0.4, -0.2) is 23.0 Å². The molecule has 0 aliphatic heterocycles. The van der Waals surface area contributed by atoms with Gasteiger partial charge in [0.15, 0.2) is 0 Å². The minimum absolute atomic E-state index is 0.0298. The summed E-state index contributed by atoms with van der Waals surface area (Å²) in [5.41, 5.74) is 0.683. The van der Waals surface area contributed by atoms with E-state index in [4.69, 9.17) is 0 Å². The highest BCUT2D eigenvalue weighted by molar-refractivity contribution is 9.10. The zero-order valence-electron chi connectivity index (χ0n) is 11.6. The maximum Gasteiger partial charge on any atom is 0.339 e. The van der Waals surface area contributed by atoms with E-state index >= 15 is 0 Å². The van der Waals surface area contributed by atoms with E-state index in [1.54, 1.807) is 0 Å². The van der Waals surface area contributed by atoms with Gasteiger partial charge in [-0.3, -0.25) is 10.1 Å². The molecule has 0 aliphatic carbocycles. The number of nitro groups is 1. The Morgan fingerprint density at radius 3 is 2.86 bits per heavy atom. The first-order valence-corrected chi connectivity index (χ1v) is 7.01. The Morgan fingerprint density at radius 2 is 2.23 bits per heavy atom. The standard InChI is InChI=1S/C14H12BrN3O4/c1-22-14(19)10-6-12(18(20)21)13(17-8-10)16-7-9-3-2-4-11(15)5-9/h2-6,8H,7H2,1H3,(H,16,17). The molecule has 0 radical (unpaired) electrons. The second kappa shape index (κ2) is 6.99. The Bertz CT molecular complexity index is 721. The van der Waals surface area contributed by atoms with Crippen molar-refractivity contribution in [2.75, 3.05) is 12.4 Å². The highest BCUT2D eigenvalue weighted by Gasteiger charge is 2.19. The predicted molar refractivity (Wildman–Crippen MR) is 83.7 cm³/mol. The lowest BCUT2D eigenvalue weighted by atomic mass is 10.2. The topological polar surface area (TPSA) is 94.4 Å². The molecule has 0 atom stereocenters. The van der Waals surface area contributed by atoms with E-state index < -0.39 is 10.9 Å². The summed E-state index contributed by atoms with van der Waals surface area (Å²) in [7, 11) is 1.20. The highest BCUT2D eigenvalue weighted by Crippen LogP contribution is 2.24. The first kappa shape index (κ1) is 15.9. The first-order chi connectivity index (χ1) is 10.5. The molecule has 2 aromatic rings. The highest BCUT2D eigenvalue weighted by atomic mass is 79.9. The fraction of sp³-hybridized carbons (Fsp3) is 0.143. The second-order valence-electron chi connectivity index (χ2n) is 4.32. The van der Waals surface area contributed by atoms with Gasteiger partial charge in [0, 0.05) is 23.3 Å². The van der Waals surface area contributed by atoms with Crippen molar-refractivity contribution in [1.29, 1.82) is 0 Å². The van der Waals surface area contributed by atoms with Crippen molar-refractivity contribution in [3.63, 3.8) is 0 Å².